The molecule has 1 fully saturated rings. The number of ketones is 1. The second kappa shape index (κ2) is 9.87. The molecule has 1 N–H and O–H groups in total. The number of aromatic nitrogens is 1. The maximum absolute atomic E-state index is 13.1. The van der Waals surface area contributed by atoms with Gasteiger partial charge in [0.25, 0.3) is 5.78 Å². The summed E-state index contributed by atoms with van der Waals surface area (Å²) in [7, 11) is 0. The number of Topliss-reactive ketones (excluding diaryl/α,β-unsaturated/α-hetero) is 1. The number of anilines is 1. The number of amides is 1. The molecule has 7 nitrogen and oxygen atoms in total. The van der Waals surface area contributed by atoms with Crippen LogP contribution in [0.15, 0.2) is 65.7 Å². The van der Waals surface area contributed by atoms with E-state index in [1.807, 2.05) is 19.9 Å². The SMILES string of the molecule is CCCOc1ccc(C2/C(=C(\O)c3ccccc3)C(=O)C(=O)N2c2nccs2)cc1OCC. The zero-order chi connectivity index (χ0) is 23.4. The number of carbonyl (C=O) groups excluding carboxylic acids is 2. The number of benzene rings is 2. The van der Waals surface area contributed by atoms with Crippen molar-refractivity contribution in [2.24, 2.45) is 0 Å². The topological polar surface area (TPSA) is 89.0 Å². The Morgan fingerprint density at radius 3 is 2.55 bits per heavy atom. The van der Waals surface area contributed by atoms with Gasteiger partial charge in [0.2, 0.25) is 0 Å². The number of hydrogen-bond acceptors (Lipinski definition) is 7. The molecule has 0 radical (unpaired) electrons. The van der Waals surface area contributed by atoms with Crippen LogP contribution >= 0.6 is 11.3 Å². The molecule has 3 aromatic rings. The molecule has 1 amide bonds. The summed E-state index contributed by atoms with van der Waals surface area (Å²) in [5.74, 6) is -0.649. The fourth-order valence-electron chi connectivity index (χ4n) is 3.73. The largest absolute Gasteiger partial charge is 0.507 e. The summed E-state index contributed by atoms with van der Waals surface area (Å²) in [5, 5.41) is 13.2. The van der Waals surface area contributed by atoms with Crippen LogP contribution in [-0.4, -0.2) is 35.0 Å². The van der Waals surface area contributed by atoms with Crippen LogP contribution in [0.1, 0.15) is 37.4 Å². The van der Waals surface area contributed by atoms with Gasteiger partial charge < -0.3 is 14.6 Å². The summed E-state index contributed by atoms with van der Waals surface area (Å²) in [4.78, 5) is 31.8. The molecule has 0 bridgehead atoms. The van der Waals surface area contributed by atoms with E-state index < -0.39 is 17.7 Å². The standard InChI is InChI=1S/C25H24N2O5S/c1-3-13-32-18-11-10-17(15-19(18)31-4-2)21-20(22(28)16-8-6-5-7-9-16)23(29)24(30)27(21)25-26-12-14-33-25/h5-12,14-15,21,28H,3-4,13H2,1-2H3/b22-20+. The molecule has 1 unspecified atom stereocenters. The Balaban J connectivity index is 1.89. The summed E-state index contributed by atoms with van der Waals surface area (Å²) >= 11 is 1.24. The number of hydrogen-bond donors (Lipinski definition) is 1. The van der Waals surface area contributed by atoms with Gasteiger partial charge in [-0.3, -0.25) is 14.5 Å². The van der Waals surface area contributed by atoms with Crippen molar-refractivity contribution in [1.82, 2.24) is 4.98 Å². The quantitative estimate of drug-likeness (QED) is 0.288. The number of aliphatic hydroxyl groups is 1. The first-order valence-corrected chi connectivity index (χ1v) is 11.6. The zero-order valence-electron chi connectivity index (χ0n) is 18.4. The molecule has 1 saturated heterocycles. The van der Waals surface area contributed by atoms with Crippen molar-refractivity contribution in [3.8, 4) is 11.5 Å². The monoisotopic (exact) mass is 464 g/mol. The Labute approximate surface area is 195 Å². The third kappa shape index (κ3) is 4.34. The highest BCUT2D eigenvalue weighted by Gasteiger charge is 2.48. The molecular weight excluding hydrogens is 440 g/mol. The molecule has 33 heavy (non-hydrogen) atoms. The molecule has 1 aliphatic rings. The van der Waals surface area contributed by atoms with Crippen molar-refractivity contribution in [3.05, 3.63) is 76.8 Å². The summed E-state index contributed by atoms with van der Waals surface area (Å²) in [6, 6.07) is 13.1. The molecule has 0 aliphatic carbocycles. The number of aliphatic hydroxyl groups excluding tert-OH is 1. The third-order valence-corrected chi connectivity index (χ3v) is 5.93. The maximum Gasteiger partial charge on any atom is 0.301 e. The molecule has 2 heterocycles. The lowest BCUT2D eigenvalue weighted by Gasteiger charge is -2.24. The highest BCUT2D eigenvalue weighted by Crippen LogP contribution is 2.44. The van der Waals surface area contributed by atoms with Gasteiger partial charge in [0.15, 0.2) is 16.6 Å². The molecule has 1 aliphatic heterocycles. The fourth-order valence-corrected chi connectivity index (χ4v) is 4.39. The summed E-state index contributed by atoms with van der Waals surface area (Å²) in [6.07, 6.45) is 2.41. The average molecular weight is 465 g/mol. The van der Waals surface area contributed by atoms with Crippen LogP contribution in [0.25, 0.3) is 5.76 Å². The molecule has 0 spiro atoms. The first-order valence-electron chi connectivity index (χ1n) is 10.7. The van der Waals surface area contributed by atoms with Crippen LogP contribution in [-0.2, 0) is 9.59 Å². The lowest BCUT2D eigenvalue weighted by Crippen LogP contribution is -2.29. The van der Waals surface area contributed by atoms with Gasteiger partial charge in [-0.15, -0.1) is 11.3 Å². The number of ether oxygens (including phenoxy) is 2. The van der Waals surface area contributed by atoms with Gasteiger partial charge in [-0.2, -0.15) is 0 Å². The van der Waals surface area contributed by atoms with Crippen molar-refractivity contribution in [2.45, 2.75) is 26.3 Å². The van der Waals surface area contributed by atoms with E-state index in [0.29, 0.717) is 41.0 Å². The highest BCUT2D eigenvalue weighted by atomic mass is 32.1. The molecule has 1 atom stereocenters. The van der Waals surface area contributed by atoms with E-state index in [0.717, 1.165) is 6.42 Å². The van der Waals surface area contributed by atoms with Crippen LogP contribution < -0.4 is 14.4 Å². The van der Waals surface area contributed by atoms with E-state index >= 15 is 0 Å². The lowest BCUT2D eigenvalue weighted by molar-refractivity contribution is -0.132. The smallest absolute Gasteiger partial charge is 0.301 e. The minimum atomic E-state index is -0.865. The van der Waals surface area contributed by atoms with E-state index in [1.54, 1.807) is 54.0 Å². The number of rotatable bonds is 8. The van der Waals surface area contributed by atoms with Crippen LogP contribution in [0.4, 0.5) is 5.13 Å². The summed E-state index contributed by atoms with van der Waals surface area (Å²) in [6.45, 7) is 4.83. The van der Waals surface area contributed by atoms with Crippen LogP contribution in [0.2, 0.25) is 0 Å². The van der Waals surface area contributed by atoms with E-state index in [2.05, 4.69) is 4.98 Å². The Bertz CT molecular complexity index is 1170. The van der Waals surface area contributed by atoms with Gasteiger partial charge in [0.1, 0.15) is 5.76 Å². The molecule has 4 rings (SSSR count). The van der Waals surface area contributed by atoms with Crippen LogP contribution in [0.5, 0.6) is 11.5 Å². The minimum absolute atomic E-state index is 0.00563. The number of carbonyl (C=O) groups is 2. The van der Waals surface area contributed by atoms with Gasteiger partial charge in [-0.05, 0) is 31.0 Å². The van der Waals surface area contributed by atoms with Crippen molar-refractivity contribution < 1.29 is 24.2 Å². The summed E-state index contributed by atoms with van der Waals surface area (Å²) < 4.78 is 11.6. The van der Waals surface area contributed by atoms with E-state index in [9.17, 15) is 14.7 Å². The Hall–Kier alpha value is -3.65. The zero-order valence-corrected chi connectivity index (χ0v) is 19.2. The molecule has 2 aromatic carbocycles. The number of nitrogens with zero attached hydrogens (tertiary/aromatic N) is 2. The van der Waals surface area contributed by atoms with Crippen molar-refractivity contribution in [3.63, 3.8) is 0 Å². The van der Waals surface area contributed by atoms with Gasteiger partial charge in [0.05, 0.1) is 24.8 Å². The van der Waals surface area contributed by atoms with Crippen molar-refractivity contribution in [2.75, 3.05) is 18.1 Å². The molecule has 170 valence electrons. The predicted octanol–water partition coefficient (Wildman–Crippen LogP) is 4.96. The van der Waals surface area contributed by atoms with Gasteiger partial charge >= 0.3 is 5.91 Å². The highest BCUT2D eigenvalue weighted by molar-refractivity contribution is 7.14. The first-order chi connectivity index (χ1) is 16.1. The van der Waals surface area contributed by atoms with Gasteiger partial charge in [0, 0.05) is 17.1 Å². The van der Waals surface area contributed by atoms with Gasteiger partial charge in [-0.25, -0.2) is 4.98 Å². The second-order valence-electron chi connectivity index (χ2n) is 7.34. The van der Waals surface area contributed by atoms with E-state index in [-0.39, 0.29) is 11.3 Å². The van der Waals surface area contributed by atoms with Crippen LogP contribution in [0.3, 0.4) is 0 Å². The second-order valence-corrected chi connectivity index (χ2v) is 8.21. The third-order valence-electron chi connectivity index (χ3n) is 5.16. The fraction of sp³-hybridized carbons (Fsp3) is 0.240. The lowest BCUT2D eigenvalue weighted by atomic mass is 9.95. The Kier molecular flexibility index (Phi) is 6.74. The van der Waals surface area contributed by atoms with Crippen molar-refractivity contribution >= 4 is 33.9 Å². The van der Waals surface area contributed by atoms with E-state index in [4.69, 9.17) is 9.47 Å². The molecule has 1 aromatic heterocycles. The molecule has 8 heteroatoms. The van der Waals surface area contributed by atoms with Crippen LogP contribution in [0, 0.1) is 0 Å². The Morgan fingerprint density at radius 1 is 1.09 bits per heavy atom. The molecule has 0 saturated carbocycles. The Morgan fingerprint density at radius 2 is 1.88 bits per heavy atom. The van der Waals surface area contributed by atoms with E-state index in [1.165, 1.54) is 16.2 Å². The molecular formula is C25H24N2O5S. The average Bonchev–Trinajstić information content (AvgIpc) is 3.45. The maximum atomic E-state index is 13.1. The number of thiazole rings is 1. The normalized spacial score (nSPS) is 17.4. The predicted molar refractivity (Wildman–Crippen MR) is 127 cm³/mol. The minimum Gasteiger partial charge on any atom is -0.507 e. The first kappa shape index (κ1) is 22.5. The summed E-state index contributed by atoms with van der Waals surface area (Å²) in [5.41, 5.74) is 1.06. The van der Waals surface area contributed by atoms with Crippen molar-refractivity contribution in [1.29, 1.82) is 0 Å². The van der Waals surface area contributed by atoms with Gasteiger partial charge in [-0.1, -0.05) is 43.3 Å².